The van der Waals surface area contributed by atoms with Crippen LogP contribution in [-0.4, -0.2) is 27.3 Å². The van der Waals surface area contributed by atoms with Crippen molar-refractivity contribution < 1.29 is 8.42 Å². The molecule has 0 amide bonds. The van der Waals surface area contributed by atoms with Gasteiger partial charge in [-0.3, -0.25) is 4.72 Å². The van der Waals surface area contributed by atoms with Crippen LogP contribution in [-0.2, 0) is 10.0 Å². The molecule has 1 saturated heterocycles. The predicted octanol–water partition coefficient (Wildman–Crippen LogP) is 2.84. The highest BCUT2D eigenvalue weighted by Gasteiger charge is 2.21. The summed E-state index contributed by atoms with van der Waals surface area (Å²) < 4.78 is 27.6. The molecule has 0 aliphatic carbocycles. The highest BCUT2D eigenvalue weighted by Crippen LogP contribution is 2.27. The van der Waals surface area contributed by atoms with E-state index in [0.29, 0.717) is 15.2 Å². The third kappa shape index (κ3) is 4.63. The molecule has 0 saturated carbocycles. The normalized spacial score (nSPS) is 17.4. The van der Waals surface area contributed by atoms with Gasteiger partial charge in [-0.25, -0.2) is 8.42 Å². The first-order valence-electron chi connectivity index (χ1n) is 6.12. The molecule has 0 atom stereocenters. The van der Waals surface area contributed by atoms with Gasteiger partial charge in [-0.2, -0.15) is 0 Å². The largest absolute Gasteiger partial charge is 0.317 e. The van der Waals surface area contributed by atoms with Crippen molar-refractivity contribution in [2.75, 3.05) is 23.6 Å². The molecule has 1 aliphatic heterocycles. The lowest BCUT2D eigenvalue weighted by Gasteiger charge is -2.22. The van der Waals surface area contributed by atoms with E-state index in [1.807, 2.05) is 0 Å². The molecule has 1 aromatic carbocycles. The van der Waals surface area contributed by atoms with Gasteiger partial charge in [0, 0.05) is 9.50 Å². The van der Waals surface area contributed by atoms with Gasteiger partial charge < -0.3 is 5.32 Å². The Bertz CT molecular complexity index is 545. The van der Waals surface area contributed by atoms with Crippen LogP contribution in [0.5, 0.6) is 0 Å². The number of hydrogen-bond acceptors (Lipinski definition) is 3. The summed E-state index contributed by atoms with van der Waals surface area (Å²) in [5, 5.41) is 3.73. The predicted molar refractivity (Wildman–Crippen MR) is 82.2 cm³/mol. The fraction of sp³-hybridized carbons (Fsp3) is 0.500. The number of nitrogens with one attached hydrogen (secondary N) is 2. The Kier molecular flexibility index (Phi) is 5.11. The minimum atomic E-state index is -3.34. The Morgan fingerprint density at radius 1 is 1.37 bits per heavy atom. The zero-order valence-corrected chi connectivity index (χ0v) is 13.5. The summed E-state index contributed by atoms with van der Waals surface area (Å²) in [6.07, 6.45) is 1.80. The molecular formula is C12H16BrClN2O2S. The number of halogens is 2. The second-order valence-electron chi connectivity index (χ2n) is 4.70. The van der Waals surface area contributed by atoms with E-state index in [4.69, 9.17) is 11.6 Å². The van der Waals surface area contributed by atoms with Crippen molar-refractivity contribution >= 4 is 43.2 Å². The molecular weight excluding hydrogens is 352 g/mol. The fourth-order valence-corrected chi connectivity index (χ4v) is 4.33. The monoisotopic (exact) mass is 366 g/mol. The lowest BCUT2D eigenvalue weighted by Crippen LogP contribution is -2.33. The van der Waals surface area contributed by atoms with Gasteiger partial charge in [-0.1, -0.05) is 11.6 Å². The second kappa shape index (κ2) is 6.43. The lowest BCUT2D eigenvalue weighted by molar-refractivity contribution is 0.402. The van der Waals surface area contributed by atoms with Gasteiger partial charge in [0.2, 0.25) is 10.0 Å². The minimum absolute atomic E-state index is 0.160. The average Bonchev–Trinajstić information content (AvgIpc) is 2.34. The summed E-state index contributed by atoms with van der Waals surface area (Å²) in [5.74, 6) is 0.380. The molecule has 0 aromatic heterocycles. The van der Waals surface area contributed by atoms with Crippen molar-refractivity contribution in [3.8, 4) is 0 Å². The van der Waals surface area contributed by atoms with Crippen molar-refractivity contribution in [1.29, 1.82) is 0 Å². The van der Waals surface area contributed by atoms with Gasteiger partial charge in [0.05, 0.1) is 11.4 Å². The summed E-state index contributed by atoms with van der Waals surface area (Å²) in [6.45, 7) is 1.78. The molecule has 0 spiro atoms. The van der Waals surface area contributed by atoms with Crippen LogP contribution in [0.4, 0.5) is 5.69 Å². The molecule has 2 rings (SSSR count). The average molecular weight is 368 g/mol. The summed E-state index contributed by atoms with van der Waals surface area (Å²) in [4.78, 5) is 0. The van der Waals surface area contributed by atoms with Crippen molar-refractivity contribution in [2.45, 2.75) is 12.8 Å². The molecule has 2 N–H and O–H groups in total. The van der Waals surface area contributed by atoms with Gasteiger partial charge in [-0.15, -0.1) is 0 Å². The van der Waals surface area contributed by atoms with Crippen molar-refractivity contribution in [1.82, 2.24) is 5.32 Å². The molecule has 106 valence electrons. The van der Waals surface area contributed by atoms with Crippen LogP contribution in [0.1, 0.15) is 12.8 Å². The molecule has 1 fully saturated rings. The van der Waals surface area contributed by atoms with E-state index in [2.05, 4.69) is 26.0 Å². The summed E-state index contributed by atoms with van der Waals surface area (Å²) >= 11 is 9.19. The lowest BCUT2D eigenvalue weighted by atomic mass is 10.0. The zero-order valence-electron chi connectivity index (χ0n) is 10.3. The molecule has 4 nitrogen and oxygen atoms in total. The molecule has 0 radical (unpaired) electrons. The first-order chi connectivity index (χ1) is 8.96. The highest BCUT2D eigenvalue weighted by atomic mass is 79.9. The number of hydrogen-bond donors (Lipinski definition) is 2. The maximum atomic E-state index is 12.1. The quantitative estimate of drug-likeness (QED) is 0.860. The topological polar surface area (TPSA) is 58.2 Å². The Hall–Kier alpha value is -0.300. The fourth-order valence-electron chi connectivity index (χ4n) is 2.14. The van der Waals surface area contributed by atoms with E-state index in [0.717, 1.165) is 25.9 Å². The van der Waals surface area contributed by atoms with Gasteiger partial charge in [0.1, 0.15) is 0 Å². The summed E-state index contributed by atoms with van der Waals surface area (Å²) in [7, 11) is -3.34. The van der Waals surface area contributed by atoms with Gasteiger partial charge in [0.15, 0.2) is 0 Å². The van der Waals surface area contributed by atoms with Crippen molar-refractivity contribution in [3.05, 3.63) is 27.7 Å². The van der Waals surface area contributed by atoms with Crippen LogP contribution in [0.15, 0.2) is 22.7 Å². The van der Waals surface area contributed by atoms with Crippen LogP contribution >= 0.6 is 27.5 Å². The van der Waals surface area contributed by atoms with Crippen LogP contribution in [0, 0.1) is 5.92 Å². The van der Waals surface area contributed by atoms with Gasteiger partial charge in [0.25, 0.3) is 0 Å². The van der Waals surface area contributed by atoms with E-state index in [-0.39, 0.29) is 11.7 Å². The molecule has 7 heteroatoms. The van der Waals surface area contributed by atoms with Crippen LogP contribution < -0.4 is 10.0 Å². The molecule has 1 aliphatic rings. The van der Waals surface area contributed by atoms with Crippen molar-refractivity contribution in [3.63, 3.8) is 0 Å². The Morgan fingerprint density at radius 3 is 2.74 bits per heavy atom. The highest BCUT2D eigenvalue weighted by molar-refractivity contribution is 9.10. The van der Waals surface area contributed by atoms with E-state index in [9.17, 15) is 8.42 Å². The third-order valence-corrected chi connectivity index (χ3v) is 5.48. The molecule has 0 bridgehead atoms. The first-order valence-corrected chi connectivity index (χ1v) is 8.95. The summed E-state index contributed by atoms with van der Waals surface area (Å²) in [5.41, 5.74) is 0.487. The van der Waals surface area contributed by atoms with E-state index in [1.54, 1.807) is 18.2 Å². The van der Waals surface area contributed by atoms with E-state index >= 15 is 0 Å². The Labute approximate surface area is 127 Å². The molecule has 19 heavy (non-hydrogen) atoms. The number of sulfonamides is 1. The van der Waals surface area contributed by atoms with E-state index in [1.165, 1.54) is 0 Å². The summed E-state index contributed by atoms with van der Waals surface area (Å²) in [6, 6.07) is 5.03. The second-order valence-corrected chi connectivity index (χ2v) is 7.76. The van der Waals surface area contributed by atoms with Gasteiger partial charge >= 0.3 is 0 Å². The number of benzene rings is 1. The van der Waals surface area contributed by atoms with E-state index < -0.39 is 10.0 Å². The number of rotatable bonds is 4. The Morgan fingerprint density at radius 2 is 2.05 bits per heavy atom. The molecule has 0 unspecified atom stereocenters. The van der Waals surface area contributed by atoms with Gasteiger partial charge in [-0.05, 0) is 66.0 Å². The van der Waals surface area contributed by atoms with Crippen molar-refractivity contribution in [2.24, 2.45) is 5.92 Å². The van der Waals surface area contributed by atoms with Crippen LogP contribution in [0.25, 0.3) is 0 Å². The minimum Gasteiger partial charge on any atom is -0.317 e. The SMILES string of the molecule is O=S(=O)(CC1CCNCC1)Nc1cc(Cl)ccc1Br. The smallest absolute Gasteiger partial charge is 0.233 e. The number of anilines is 1. The standard InChI is InChI=1S/C12H16BrClN2O2S/c13-11-2-1-10(14)7-12(11)16-19(17,18)8-9-3-5-15-6-4-9/h1-2,7,9,15-16H,3-6,8H2. The number of piperidine rings is 1. The zero-order chi connectivity index (χ0) is 13.9. The Balaban J connectivity index is 2.05. The molecule has 1 heterocycles. The maximum absolute atomic E-state index is 12.1. The molecule has 1 aromatic rings. The maximum Gasteiger partial charge on any atom is 0.233 e. The van der Waals surface area contributed by atoms with Crippen LogP contribution in [0.3, 0.4) is 0 Å². The third-order valence-electron chi connectivity index (χ3n) is 3.11. The first kappa shape index (κ1) is 15.1. The van der Waals surface area contributed by atoms with Crippen LogP contribution in [0.2, 0.25) is 5.02 Å².